The fourth-order valence-electron chi connectivity index (χ4n) is 4.59. The second kappa shape index (κ2) is 8.72. The van der Waals surface area contributed by atoms with Crippen LogP contribution in [-0.2, 0) is 16.0 Å². The summed E-state index contributed by atoms with van der Waals surface area (Å²) in [6.45, 7) is 6.79. The molecule has 2 aromatic heterocycles. The summed E-state index contributed by atoms with van der Waals surface area (Å²) in [5.74, 6) is 1.01. The van der Waals surface area contributed by atoms with Crippen molar-refractivity contribution in [3.8, 4) is 0 Å². The van der Waals surface area contributed by atoms with E-state index in [2.05, 4.69) is 34.5 Å². The van der Waals surface area contributed by atoms with Crippen LogP contribution in [0.4, 0.5) is 10.6 Å². The molecule has 1 saturated heterocycles. The minimum Gasteiger partial charge on any atom is -0.446 e. The molecule has 2 aliphatic rings. The van der Waals surface area contributed by atoms with Crippen LogP contribution < -0.4 is 5.32 Å². The van der Waals surface area contributed by atoms with Crippen LogP contribution in [0.15, 0.2) is 16.7 Å². The molecule has 9 heteroatoms. The number of aryl methyl sites for hydroxylation is 1. The van der Waals surface area contributed by atoms with Gasteiger partial charge in [-0.2, -0.15) is 5.10 Å². The van der Waals surface area contributed by atoms with Crippen LogP contribution in [0.2, 0.25) is 0 Å². The summed E-state index contributed by atoms with van der Waals surface area (Å²) in [5, 5.41) is 13.8. The molecule has 1 saturated carbocycles. The number of piperidine rings is 1. The number of hydrogen-bond donors (Lipinski definition) is 2. The number of aromatic nitrogens is 3. The fraction of sp³-hybridized carbons (Fsp3) is 0.636. The molecule has 3 heterocycles. The summed E-state index contributed by atoms with van der Waals surface area (Å²) >= 11 is 0. The van der Waals surface area contributed by atoms with Gasteiger partial charge >= 0.3 is 6.09 Å². The van der Waals surface area contributed by atoms with Gasteiger partial charge in [-0.25, -0.2) is 4.79 Å². The number of nitrogens with one attached hydrogen (secondary N) is 2. The number of aromatic amines is 1. The molecule has 4 rings (SSSR count). The van der Waals surface area contributed by atoms with Crippen LogP contribution in [0.25, 0.3) is 0 Å². The molecule has 2 amide bonds. The van der Waals surface area contributed by atoms with Gasteiger partial charge in [-0.15, -0.1) is 0 Å². The Morgan fingerprint density at radius 2 is 2.16 bits per heavy atom. The topological polar surface area (TPSA) is 113 Å². The fourth-order valence-corrected chi connectivity index (χ4v) is 4.59. The van der Waals surface area contributed by atoms with Gasteiger partial charge in [-0.1, -0.05) is 5.16 Å². The van der Waals surface area contributed by atoms with E-state index in [4.69, 9.17) is 9.26 Å². The Morgan fingerprint density at radius 1 is 1.32 bits per heavy atom. The standard InChI is InChI=1S/C22H31N5O4/c1-14-10-17(31-26-14)12-20(28)23-19-13-18(24-25-19)15-6-7-16(11-15)30-21(29)27-9-5-4-8-22(27,2)3/h10,13,15-16H,4-9,11-12H2,1-3H3,(H2,23,24,25,28)/t15-,16+/m0/s1. The molecule has 1 aliphatic carbocycles. The summed E-state index contributed by atoms with van der Waals surface area (Å²) in [7, 11) is 0. The van der Waals surface area contributed by atoms with Crippen molar-refractivity contribution >= 4 is 17.8 Å². The molecule has 168 valence electrons. The number of anilines is 1. The maximum atomic E-state index is 12.7. The summed E-state index contributed by atoms with van der Waals surface area (Å²) in [6, 6.07) is 3.59. The van der Waals surface area contributed by atoms with Crippen molar-refractivity contribution in [2.45, 2.75) is 83.3 Å². The van der Waals surface area contributed by atoms with Gasteiger partial charge in [0.2, 0.25) is 5.91 Å². The lowest BCUT2D eigenvalue weighted by Crippen LogP contribution is -2.51. The molecular formula is C22H31N5O4. The van der Waals surface area contributed by atoms with Crippen molar-refractivity contribution in [2.24, 2.45) is 0 Å². The van der Waals surface area contributed by atoms with Crippen LogP contribution in [-0.4, -0.2) is 50.4 Å². The number of ether oxygens (including phenoxy) is 1. The zero-order valence-electron chi connectivity index (χ0n) is 18.4. The van der Waals surface area contributed by atoms with E-state index in [1.165, 1.54) is 0 Å². The molecule has 9 nitrogen and oxygen atoms in total. The quantitative estimate of drug-likeness (QED) is 0.745. The van der Waals surface area contributed by atoms with Crippen LogP contribution in [0, 0.1) is 6.92 Å². The number of nitrogens with zero attached hydrogens (tertiary/aromatic N) is 3. The molecule has 2 fully saturated rings. The maximum absolute atomic E-state index is 12.7. The first-order valence-electron chi connectivity index (χ1n) is 11.1. The highest BCUT2D eigenvalue weighted by Crippen LogP contribution is 2.37. The Bertz CT molecular complexity index is 934. The zero-order valence-corrected chi connectivity index (χ0v) is 18.4. The highest BCUT2D eigenvalue weighted by Gasteiger charge is 2.37. The minimum atomic E-state index is -0.212. The number of rotatable bonds is 5. The lowest BCUT2D eigenvalue weighted by molar-refractivity contribution is -0.115. The molecule has 2 atom stereocenters. The van der Waals surface area contributed by atoms with Crippen molar-refractivity contribution < 1.29 is 18.8 Å². The first-order chi connectivity index (χ1) is 14.8. The molecule has 2 N–H and O–H groups in total. The Hall–Kier alpha value is -2.84. The minimum absolute atomic E-state index is 0.0914. The average molecular weight is 430 g/mol. The number of amides is 2. The summed E-state index contributed by atoms with van der Waals surface area (Å²) in [4.78, 5) is 26.8. The van der Waals surface area contributed by atoms with E-state index in [0.29, 0.717) is 11.6 Å². The average Bonchev–Trinajstić information content (AvgIpc) is 3.43. The molecule has 0 unspecified atom stereocenters. The lowest BCUT2D eigenvalue weighted by Gasteiger charge is -2.42. The largest absolute Gasteiger partial charge is 0.446 e. The van der Waals surface area contributed by atoms with Gasteiger partial charge in [0, 0.05) is 35.8 Å². The van der Waals surface area contributed by atoms with Crippen LogP contribution in [0.1, 0.15) is 75.4 Å². The highest BCUT2D eigenvalue weighted by molar-refractivity contribution is 5.91. The summed E-state index contributed by atoms with van der Waals surface area (Å²) in [5.41, 5.74) is 1.54. The van der Waals surface area contributed by atoms with Gasteiger partial charge in [-0.3, -0.25) is 9.89 Å². The van der Waals surface area contributed by atoms with Crippen molar-refractivity contribution in [2.75, 3.05) is 11.9 Å². The van der Waals surface area contributed by atoms with Crippen LogP contribution >= 0.6 is 0 Å². The maximum Gasteiger partial charge on any atom is 0.410 e. The van der Waals surface area contributed by atoms with E-state index in [-0.39, 0.29) is 36.0 Å². The summed E-state index contributed by atoms with van der Waals surface area (Å²) in [6.07, 6.45) is 5.51. The molecule has 31 heavy (non-hydrogen) atoms. The molecular weight excluding hydrogens is 398 g/mol. The lowest BCUT2D eigenvalue weighted by atomic mass is 9.91. The SMILES string of the molecule is Cc1cc(CC(=O)Nc2cc([C@H]3CC[C@@H](OC(=O)N4CCCCC4(C)C)C3)[nH]n2)on1. The molecule has 0 radical (unpaired) electrons. The predicted molar refractivity (Wildman–Crippen MR) is 114 cm³/mol. The molecule has 0 aromatic carbocycles. The third kappa shape index (κ3) is 5.08. The second-order valence-electron chi connectivity index (χ2n) is 9.31. The smallest absolute Gasteiger partial charge is 0.410 e. The first-order valence-corrected chi connectivity index (χ1v) is 11.1. The highest BCUT2D eigenvalue weighted by atomic mass is 16.6. The van der Waals surface area contributed by atoms with Gasteiger partial charge in [-0.05, 0) is 59.3 Å². The van der Waals surface area contributed by atoms with Crippen molar-refractivity contribution in [1.82, 2.24) is 20.3 Å². The van der Waals surface area contributed by atoms with Crippen LogP contribution in [0.5, 0.6) is 0 Å². The van der Waals surface area contributed by atoms with E-state index in [1.807, 2.05) is 17.9 Å². The Kier molecular flexibility index (Phi) is 6.02. The Morgan fingerprint density at radius 3 is 2.90 bits per heavy atom. The Labute approximate surface area is 181 Å². The first kappa shape index (κ1) is 21.4. The van der Waals surface area contributed by atoms with Gasteiger partial charge in [0.15, 0.2) is 5.82 Å². The van der Waals surface area contributed by atoms with Crippen molar-refractivity contribution in [3.05, 3.63) is 29.3 Å². The number of carbonyl (C=O) groups excluding carboxylic acids is 2. The van der Waals surface area contributed by atoms with Crippen molar-refractivity contribution in [1.29, 1.82) is 0 Å². The van der Waals surface area contributed by atoms with Gasteiger partial charge < -0.3 is 19.5 Å². The van der Waals surface area contributed by atoms with E-state index < -0.39 is 0 Å². The Balaban J connectivity index is 1.28. The molecule has 0 bridgehead atoms. The predicted octanol–water partition coefficient (Wildman–Crippen LogP) is 3.92. The van der Waals surface area contributed by atoms with Crippen molar-refractivity contribution in [3.63, 3.8) is 0 Å². The number of likely N-dealkylation sites (tertiary alicyclic amines) is 1. The summed E-state index contributed by atoms with van der Waals surface area (Å²) < 4.78 is 10.9. The van der Waals surface area contributed by atoms with E-state index in [9.17, 15) is 9.59 Å². The third-order valence-electron chi connectivity index (χ3n) is 6.34. The molecule has 2 aromatic rings. The van der Waals surface area contributed by atoms with E-state index >= 15 is 0 Å². The second-order valence-corrected chi connectivity index (χ2v) is 9.31. The van der Waals surface area contributed by atoms with Gasteiger partial charge in [0.25, 0.3) is 0 Å². The zero-order chi connectivity index (χ0) is 22.0. The van der Waals surface area contributed by atoms with Gasteiger partial charge in [0.1, 0.15) is 11.9 Å². The number of carbonyl (C=O) groups is 2. The van der Waals surface area contributed by atoms with E-state index in [1.54, 1.807) is 6.07 Å². The van der Waals surface area contributed by atoms with Crippen LogP contribution in [0.3, 0.4) is 0 Å². The number of H-pyrrole nitrogens is 1. The van der Waals surface area contributed by atoms with E-state index in [0.717, 1.165) is 56.5 Å². The third-order valence-corrected chi connectivity index (χ3v) is 6.34. The molecule has 1 aliphatic heterocycles. The monoisotopic (exact) mass is 429 g/mol. The number of hydrogen-bond acceptors (Lipinski definition) is 6. The van der Waals surface area contributed by atoms with Gasteiger partial charge in [0.05, 0.1) is 12.1 Å². The molecule has 0 spiro atoms. The normalized spacial score (nSPS) is 23.0.